The Morgan fingerprint density at radius 1 is 1.18 bits per heavy atom. The molecule has 3 nitrogen and oxygen atoms in total. The Hall–Kier alpha value is -2.37. The molecule has 0 aliphatic rings. The van der Waals surface area contributed by atoms with Gasteiger partial charge in [0.25, 0.3) is 0 Å². The number of hydrogen-bond acceptors (Lipinski definition) is 3. The summed E-state index contributed by atoms with van der Waals surface area (Å²) in [6.45, 7) is 1.95. The van der Waals surface area contributed by atoms with Crippen molar-refractivity contribution in [1.29, 1.82) is 0 Å². The van der Waals surface area contributed by atoms with Gasteiger partial charge >= 0.3 is 6.18 Å². The Labute approximate surface area is 125 Å². The molecule has 0 spiro atoms. The molecule has 0 fully saturated rings. The molecule has 0 unspecified atom stereocenters. The van der Waals surface area contributed by atoms with Crippen molar-refractivity contribution in [2.75, 3.05) is 0 Å². The van der Waals surface area contributed by atoms with Crippen LogP contribution in [0, 0.1) is 0 Å². The van der Waals surface area contributed by atoms with Gasteiger partial charge in [0.05, 0.1) is 18.4 Å². The predicted molar refractivity (Wildman–Crippen MR) is 76.6 cm³/mol. The number of hydrogen-bond donors (Lipinski definition) is 0. The highest BCUT2D eigenvalue weighted by Crippen LogP contribution is 2.25. The van der Waals surface area contributed by atoms with E-state index in [1.165, 1.54) is 30.5 Å². The van der Waals surface area contributed by atoms with Crippen molar-refractivity contribution >= 4 is 17.2 Å². The SMILES string of the molecule is CCc1ccc(N=C(CC(=O)c2ccco2)C(F)(F)F)cc1. The summed E-state index contributed by atoms with van der Waals surface area (Å²) in [6.07, 6.45) is -3.51. The Morgan fingerprint density at radius 2 is 1.86 bits per heavy atom. The second kappa shape index (κ2) is 6.60. The molecule has 2 aromatic rings. The van der Waals surface area contributed by atoms with Gasteiger partial charge in [-0.15, -0.1) is 0 Å². The number of carbonyl (C=O) groups is 1. The second-order valence-corrected chi connectivity index (χ2v) is 4.65. The highest BCUT2D eigenvalue weighted by atomic mass is 19.4. The number of furan rings is 1. The Kier molecular flexibility index (Phi) is 4.80. The van der Waals surface area contributed by atoms with E-state index in [1.54, 1.807) is 12.1 Å². The van der Waals surface area contributed by atoms with Crippen LogP contribution in [0.25, 0.3) is 0 Å². The number of alkyl halides is 3. The molecule has 1 heterocycles. The third kappa shape index (κ3) is 4.07. The first-order valence-corrected chi connectivity index (χ1v) is 6.70. The van der Waals surface area contributed by atoms with Crippen LogP contribution in [0.15, 0.2) is 52.1 Å². The average Bonchev–Trinajstić information content (AvgIpc) is 3.00. The maximum Gasteiger partial charge on any atom is 0.429 e. The van der Waals surface area contributed by atoms with Crippen molar-refractivity contribution in [2.45, 2.75) is 25.9 Å². The van der Waals surface area contributed by atoms with E-state index < -0.39 is 24.1 Å². The molecule has 116 valence electrons. The van der Waals surface area contributed by atoms with Crippen LogP contribution in [-0.2, 0) is 6.42 Å². The number of halogens is 3. The highest BCUT2D eigenvalue weighted by molar-refractivity contribution is 6.10. The second-order valence-electron chi connectivity index (χ2n) is 4.65. The minimum absolute atomic E-state index is 0.113. The lowest BCUT2D eigenvalue weighted by molar-refractivity contribution is -0.0601. The van der Waals surface area contributed by atoms with Gasteiger partial charge in [0, 0.05) is 0 Å². The van der Waals surface area contributed by atoms with Crippen LogP contribution in [0.1, 0.15) is 29.5 Å². The molecule has 22 heavy (non-hydrogen) atoms. The summed E-state index contributed by atoms with van der Waals surface area (Å²) in [5.41, 5.74) is 0.0223. The van der Waals surface area contributed by atoms with E-state index in [4.69, 9.17) is 4.42 Å². The summed E-state index contributed by atoms with van der Waals surface area (Å²) in [7, 11) is 0. The van der Waals surface area contributed by atoms with Crippen LogP contribution >= 0.6 is 0 Å². The average molecular weight is 309 g/mol. The van der Waals surface area contributed by atoms with Gasteiger partial charge in [-0.2, -0.15) is 13.2 Å². The number of nitrogens with zero attached hydrogens (tertiary/aromatic N) is 1. The number of aryl methyl sites for hydroxylation is 1. The van der Waals surface area contributed by atoms with Crippen molar-refractivity contribution < 1.29 is 22.4 Å². The maximum atomic E-state index is 13.0. The summed E-state index contributed by atoms with van der Waals surface area (Å²) in [6, 6.07) is 9.19. The zero-order valence-corrected chi connectivity index (χ0v) is 11.9. The fourth-order valence-corrected chi connectivity index (χ4v) is 1.84. The fraction of sp³-hybridized carbons (Fsp3) is 0.250. The third-order valence-electron chi connectivity index (χ3n) is 3.06. The highest BCUT2D eigenvalue weighted by Gasteiger charge is 2.37. The molecule has 0 aliphatic carbocycles. The lowest BCUT2D eigenvalue weighted by Crippen LogP contribution is -2.25. The minimum atomic E-state index is -4.67. The molecular formula is C16H14F3NO2. The van der Waals surface area contributed by atoms with Gasteiger partial charge < -0.3 is 4.42 Å². The Morgan fingerprint density at radius 3 is 2.36 bits per heavy atom. The van der Waals surface area contributed by atoms with Crippen LogP contribution in [0.4, 0.5) is 18.9 Å². The summed E-state index contributed by atoms with van der Waals surface area (Å²) >= 11 is 0. The summed E-state index contributed by atoms with van der Waals surface area (Å²) in [4.78, 5) is 15.4. The zero-order valence-electron chi connectivity index (χ0n) is 11.9. The zero-order chi connectivity index (χ0) is 16.2. The van der Waals surface area contributed by atoms with Gasteiger partial charge in [0.15, 0.2) is 5.76 Å². The Bertz CT molecular complexity index is 656. The molecule has 6 heteroatoms. The van der Waals surface area contributed by atoms with E-state index in [-0.39, 0.29) is 11.4 Å². The number of carbonyl (C=O) groups excluding carboxylic acids is 1. The van der Waals surface area contributed by atoms with Crippen LogP contribution < -0.4 is 0 Å². The topological polar surface area (TPSA) is 42.6 Å². The molecule has 2 rings (SSSR count). The number of aliphatic imine (C=N–C) groups is 1. The van der Waals surface area contributed by atoms with Gasteiger partial charge in [-0.25, -0.2) is 4.99 Å². The molecule has 0 aliphatic heterocycles. The smallest absolute Gasteiger partial charge is 0.429 e. The van der Waals surface area contributed by atoms with E-state index in [0.717, 1.165) is 12.0 Å². The lowest BCUT2D eigenvalue weighted by atomic mass is 10.1. The first-order chi connectivity index (χ1) is 10.4. The van der Waals surface area contributed by atoms with Gasteiger partial charge in [0.2, 0.25) is 5.78 Å². The fourth-order valence-electron chi connectivity index (χ4n) is 1.84. The Balaban J connectivity index is 2.25. The standard InChI is InChI=1S/C16H14F3NO2/c1-2-11-5-7-12(8-6-11)20-15(16(17,18)19)10-13(21)14-4-3-9-22-14/h3-9H,2,10H2,1H3. The van der Waals surface area contributed by atoms with E-state index >= 15 is 0 Å². The van der Waals surface area contributed by atoms with E-state index in [9.17, 15) is 18.0 Å². The van der Waals surface area contributed by atoms with Crippen LogP contribution in [-0.4, -0.2) is 17.7 Å². The number of ketones is 1. The van der Waals surface area contributed by atoms with E-state index in [1.807, 2.05) is 6.92 Å². The van der Waals surface area contributed by atoms with Crippen molar-refractivity contribution in [3.05, 3.63) is 54.0 Å². The van der Waals surface area contributed by atoms with Crippen molar-refractivity contribution in [3.63, 3.8) is 0 Å². The molecule has 0 saturated carbocycles. The van der Waals surface area contributed by atoms with Gasteiger partial charge in [-0.05, 0) is 36.2 Å². The van der Waals surface area contributed by atoms with Gasteiger partial charge in [-0.3, -0.25) is 4.79 Å². The molecule has 0 atom stereocenters. The van der Waals surface area contributed by atoms with E-state index in [2.05, 4.69) is 4.99 Å². The van der Waals surface area contributed by atoms with Crippen molar-refractivity contribution in [2.24, 2.45) is 4.99 Å². The first-order valence-electron chi connectivity index (χ1n) is 6.70. The molecular weight excluding hydrogens is 295 g/mol. The molecule has 0 saturated heterocycles. The molecule has 0 bridgehead atoms. The molecule has 1 aromatic carbocycles. The van der Waals surface area contributed by atoms with E-state index in [0.29, 0.717) is 0 Å². The van der Waals surface area contributed by atoms with Gasteiger partial charge in [0.1, 0.15) is 5.71 Å². The third-order valence-corrected chi connectivity index (χ3v) is 3.06. The van der Waals surface area contributed by atoms with Crippen molar-refractivity contribution in [1.82, 2.24) is 0 Å². The summed E-state index contributed by atoms with van der Waals surface area (Å²) < 4.78 is 43.9. The van der Waals surface area contributed by atoms with Crippen molar-refractivity contribution in [3.8, 4) is 0 Å². The minimum Gasteiger partial charge on any atom is -0.461 e. The number of rotatable bonds is 5. The predicted octanol–water partition coefficient (Wildman–Crippen LogP) is 4.75. The van der Waals surface area contributed by atoms with Crippen LogP contribution in [0.5, 0.6) is 0 Å². The first kappa shape index (κ1) is 16.0. The lowest BCUT2D eigenvalue weighted by Gasteiger charge is -2.09. The number of Topliss-reactive ketones (excluding diaryl/α,β-unsaturated/α-hetero) is 1. The largest absolute Gasteiger partial charge is 0.461 e. The molecule has 0 N–H and O–H groups in total. The normalized spacial score (nSPS) is 12.5. The number of benzene rings is 1. The van der Waals surface area contributed by atoms with Gasteiger partial charge in [-0.1, -0.05) is 19.1 Å². The maximum absolute atomic E-state index is 13.0. The molecule has 0 amide bonds. The quantitative estimate of drug-likeness (QED) is 0.591. The van der Waals surface area contributed by atoms with Crippen LogP contribution in [0.2, 0.25) is 0 Å². The summed E-state index contributed by atoms with van der Waals surface area (Å²) in [5, 5.41) is 0. The monoisotopic (exact) mass is 309 g/mol. The molecule has 1 aromatic heterocycles. The summed E-state index contributed by atoms with van der Waals surface area (Å²) in [5.74, 6) is -0.871. The van der Waals surface area contributed by atoms with Crippen LogP contribution in [0.3, 0.4) is 0 Å². The molecule has 0 radical (unpaired) electrons.